The summed E-state index contributed by atoms with van der Waals surface area (Å²) >= 11 is -19.6. The van der Waals surface area contributed by atoms with Crippen LogP contribution in [0.4, 0.5) is 17.1 Å². The normalized spacial score (nSPS) is 35.6. The molecule has 29 heteroatoms. The van der Waals surface area contributed by atoms with E-state index in [4.69, 9.17) is 16.8 Å². The van der Waals surface area contributed by atoms with E-state index in [2.05, 4.69) is 16.0 Å². The number of ether oxygens (including phenoxy) is 3. The van der Waals surface area contributed by atoms with Gasteiger partial charge < -0.3 is 0 Å². The number of anilines is 3. The molecule has 0 bridgehead atoms. The second-order valence-electron chi connectivity index (χ2n) is 15.0. The minimum absolute atomic E-state index is 0. The second kappa shape index (κ2) is 22.9. The number of benzene rings is 3. The van der Waals surface area contributed by atoms with Crippen molar-refractivity contribution in [3.8, 4) is 0 Å². The van der Waals surface area contributed by atoms with Gasteiger partial charge in [-0.3, -0.25) is 0 Å². The molecule has 357 valence electrons. The molecule has 17 unspecified atom stereocenters. The van der Waals surface area contributed by atoms with Crippen molar-refractivity contribution in [2.24, 2.45) is 0 Å². The van der Waals surface area contributed by atoms with Gasteiger partial charge in [-0.1, -0.05) is 0 Å². The van der Waals surface area contributed by atoms with Gasteiger partial charge >= 0.3 is 381 Å². The van der Waals surface area contributed by atoms with Gasteiger partial charge in [-0.2, -0.15) is 0 Å². The van der Waals surface area contributed by atoms with Gasteiger partial charge in [0.25, 0.3) is 0 Å². The molecule has 3 aliphatic heterocycles. The fourth-order valence-electron chi connectivity index (χ4n) is 6.88. The van der Waals surface area contributed by atoms with Crippen LogP contribution in [0, 0.1) is 0 Å². The fraction of sp³-hybridized carbons (Fsp3) is 0.500. The molecule has 0 spiro atoms. The summed E-state index contributed by atoms with van der Waals surface area (Å²) < 4.78 is 91.7. The number of aliphatic hydroxyl groups is 12. The van der Waals surface area contributed by atoms with Crippen molar-refractivity contribution >= 4 is 116 Å². The summed E-state index contributed by atoms with van der Waals surface area (Å²) in [7, 11) is 0. The predicted molar refractivity (Wildman–Crippen MR) is 222 cm³/mol. The Bertz CT molecular complexity index is 2060. The van der Waals surface area contributed by atoms with E-state index in [9.17, 15) is 77.1 Å². The molecule has 17 N–H and O–H groups in total. The first kappa shape index (κ1) is 55.1. The average molecular weight is 1270 g/mol. The Labute approximate surface area is 406 Å². The maximum atomic E-state index is 14.9. The number of rotatable bonds is 16. The van der Waals surface area contributed by atoms with Gasteiger partial charge in [0.05, 0.1) is 0 Å². The molecule has 25 nitrogen and oxygen atoms in total. The summed E-state index contributed by atoms with van der Waals surface area (Å²) in [5, 5.41) is 129. The van der Waals surface area contributed by atoms with Crippen LogP contribution in [0.3, 0.4) is 0 Å². The van der Waals surface area contributed by atoms with Crippen molar-refractivity contribution in [3.05, 3.63) is 72.8 Å². The van der Waals surface area contributed by atoms with E-state index >= 15 is 0 Å². The first-order valence-corrected chi connectivity index (χ1v) is 32.7. The van der Waals surface area contributed by atoms with Crippen LogP contribution in [-0.2, 0) is 25.9 Å². The average Bonchev–Trinajstić information content (AvgIpc) is 3.27. The second-order valence-corrected chi connectivity index (χ2v) is 35.4. The van der Waals surface area contributed by atoms with Crippen LogP contribution in [0.1, 0.15) is 0 Å². The topological polar surface area (TPSA) is 417 Å². The van der Waals surface area contributed by atoms with Gasteiger partial charge in [-0.15, -0.1) is 0 Å². The number of nitrogens with one attached hydrogen (secondary N) is 3. The Balaban J connectivity index is 0.00000793. The number of hydrogen-bond acceptors (Lipinski definition) is 23. The quantitative estimate of drug-likeness (QED) is 0.0592. The fourth-order valence-corrected chi connectivity index (χ4v) is 37.0. The van der Waals surface area contributed by atoms with Gasteiger partial charge in [-0.25, -0.2) is 0 Å². The van der Waals surface area contributed by atoms with Crippen LogP contribution in [0.5, 0.6) is 0 Å². The van der Waals surface area contributed by atoms with Gasteiger partial charge in [0.1, 0.15) is 0 Å². The van der Waals surface area contributed by atoms with Crippen LogP contribution in [0.15, 0.2) is 72.8 Å². The summed E-state index contributed by atoms with van der Waals surface area (Å²) in [5.74, 6) is 0. The third-order valence-electron chi connectivity index (χ3n) is 10.6. The van der Waals surface area contributed by atoms with Crippen molar-refractivity contribution in [2.75, 3.05) is 35.8 Å². The Kier molecular flexibility index (Phi) is 19.4. The van der Waals surface area contributed by atoms with Gasteiger partial charge in [0, 0.05) is 29.6 Å². The molecule has 0 aromatic heterocycles. The maximum absolute atomic E-state index is 14.9. The van der Waals surface area contributed by atoms with Gasteiger partial charge in [0.15, 0.2) is 0 Å². The van der Waals surface area contributed by atoms with Crippen LogP contribution >= 0.6 is 0 Å². The standard InChI is InChI=1S/3C12H16NO5.Na.2H2O.5O.3Sb/c3*14-6-8-9(15)10(16)11(17)12(18-8)13-7-4-2-1-3-5-7;;;;;;;;;;;/h3*2-5,8-17H,6H2;;2*1H2;;;;;;;;/q;;;;;;;;;;;;2*+1/p-2. The van der Waals surface area contributed by atoms with E-state index in [-0.39, 0.29) is 46.6 Å². The molecule has 3 saturated heterocycles. The van der Waals surface area contributed by atoms with Crippen molar-refractivity contribution in [3.63, 3.8) is 0 Å². The molecule has 17 atom stereocenters. The van der Waals surface area contributed by atoms with Gasteiger partial charge in [0.2, 0.25) is 0 Å². The monoisotopic (exact) mass is 1260 g/mol. The SMILES string of the molecule is [Na].[O]=[Sb]([OH])([O][Sb](=[O])([O][Sb](=[O])([OH])[c]1ccc(NC2OC(CO)C(O)C(O)C2O)cc1)[c]1ccc(NC2OC(CO)C(O)C(O)C2O)cc1)[c]1ccc(NC2OC(CO)C(O)C(O)C2O)cc1. The first-order valence-electron chi connectivity index (χ1n) is 19.3. The summed E-state index contributed by atoms with van der Waals surface area (Å²) in [6.07, 6.45) is -22.9. The van der Waals surface area contributed by atoms with E-state index in [1.54, 1.807) is 0 Å². The minimum atomic E-state index is -6.65. The van der Waals surface area contributed by atoms with Crippen LogP contribution in [0.2, 0.25) is 0 Å². The third kappa shape index (κ3) is 12.6. The molecule has 1 radical (unpaired) electrons. The number of aliphatic hydroxyl groups excluding tert-OH is 12. The molecular formula is C36H50N3NaO22Sb3. The molecule has 3 aromatic rings. The Morgan fingerprint density at radius 2 is 0.662 bits per heavy atom. The predicted octanol–water partition coefficient (Wildman–Crippen LogP) is -8.91. The zero-order chi connectivity index (χ0) is 46.9. The molecule has 0 amide bonds. The Morgan fingerprint density at radius 1 is 0.415 bits per heavy atom. The van der Waals surface area contributed by atoms with E-state index in [0.29, 0.717) is 0 Å². The third-order valence-corrected chi connectivity index (χ3v) is 37.9. The molecule has 0 saturated carbocycles. The Hall–Kier alpha value is -0.845. The first-order chi connectivity index (χ1) is 30.1. The van der Waals surface area contributed by atoms with Crippen molar-refractivity contribution in [2.45, 2.75) is 91.9 Å². The van der Waals surface area contributed by atoms with Gasteiger partial charge in [-0.05, 0) is 0 Å². The zero-order valence-corrected chi connectivity index (χ0v) is 43.7. The van der Waals surface area contributed by atoms with Crippen molar-refractivity contribution < 1.29 is 93.9 Å². The molecular weight excluding hydrogens is 1210 g/mol. The Morgan fingerprint density at radius 3 is 0.908 bits per heavy atom. The molecule has 65 heavy (non-hydrogen) atoms. The van der Waals surface area contributed by atoms with Crippen molar-refractivity contribution in [1.82, 2.24) is 0 Å². The summed E-state index contributed by atoms with van der Waals surface area (Å²) in [5.41, 5.74) is 0.375. The molecule has 3 aromatic carbocycles. The van der Waals surface area contributed by atoms with E-state index in [1.807, 2.05) is 0 Å². The number of hydrogen-bond donors (Lipinski definition) is 17. The summed E-state index contributed by atoms with van der Waals surface area (Å²) in [4.78, 5) is 0. The molecule has 3 heterocycles. The summed E-state index contributed by atoms with van der Waals surface area (Å²) in [6, 6.07) is 13.8. The summed E-state index contributed by atoms with van der Waals surface area (Å²) in [6.45, 7) is -2.11. The van der Waals surface area contributed by atoms with Crippen LogP contribution < -0.4 is 26.5 Å². The van der Waals surface area contributed by atoms with Crippen molar-refractivity contribution in [1.29, 1.82) is 0 Å². The van der Waals surface area contributed by atoms with E-state index in [1.165, 1.54) is 36.4 Å². The van der Waals surface area contributed by atoms with Crippen LogP contribution in [-0.4, -0.2) is 268 Å². The zero-order valence-electron chi connectivity index (χ0n) is 34.1. The molecule has 3 aliphatic rings. The van der Waals surface area contributed by atoms with E-state index in [0.717, 1.165) is 36.4 Å². The van der Waals surface area contributed by atoms with Crippen LogP contribution in [0.25, 0.3) is 0 Å². The van der Waals surface area contributed by atoms with E-state index < -0.39 is 181 Å². The molecule has 3 fully saturated rings. The molecule has 0 aliphatic carbocycles. The molecule has 6 rings (SSSR count).